The molecule has 9 heteroatoms. The number of likely N-dealkylation sites (tertiary alicyclic amines) is 1. The van der Waals surface area contributed by atoms with E-state index in [2.05, 4.69) is 50.5 Å². The van der Waals surface area contributed by atoms with Crippen LogP contribution in [-0.2, 0) is 6.54 Å². The van der Waals surface area contributed by atoms with Gasteiger partial charge in [-0.2, -0.15) is 5.26 Å². The van der Waals surface area contributed by atoms with Crippen molar-refractivity contribution in [2.75, 3.05) is 18.8 Å². The Labute approximate surface area is 231 Å². The average Bonchev–Trinajstić information content (AvgIpc) is 3.38. The maximum atomic E-state index is 12.6. The highest BCUT2D eigenvalue weighted by Gasteiger charge is 2.22. The lowest BCUT2D eigenvalue weighted by Gasteiger charge is -2.32. The van der Waals surface area contributed by atoms with Crippen LogP contribution in [0.15, 0.2) is 85.2 Å². The zero-order valence-electron chi connectivity index (χ0n) is 21.9. The second-order valence-corrected chi connectivity index (χ2v) is 9.94. The molecule has 0 spiro atoms. The summed E-state index contributed by atoms with van der Waals surface area (Å²) in [5.41, 5.74) is 11.7. The number of aromatic nitrogens is 4. The molecule has 198 valence electrons. The predicted molar refractivity (Wildman–Crippen MR) is 153 cm³/mol. The lowest BCUT2D eigenvalue weighted by Crippen LogP contribution is -2.44. The molecule has 0 atom stereocenters. The molecule has 1 saturated heterocycles. The Balaban J connectivity index is 1.13. The predicted octanol–water partition coefficient (Wildman–Crippen LogP) is 4.33. The van der Waals surface area contributed by atoms with Crippen LogP contribution in [0.25, 0.3) is 28.2 Å². The Morgan fingerprint density at radius 3 is 2.55 bits per heavy atom. The Bertz CT molecular complexity index is 1710. The van der Waals surface area contributed by atoms with Crippen LogP contribution in [0.3, 0.4) is 0 Å². The van der Waals surface area contributed by atoms with Crippen LogP contribution in [-0.4, -0.2) is 49.5 Å². The second-order valence-electron chi connectivity index (χ2n) is 9.94. The largest absolute Gasteiger partial charge is 0.383 e. The van der Waals surface area contributed by atoms with Gasteiger partial charge in [-0.05, 0) is 73.0 Å². The number of rotatable bonds is 6. The highest BCUT2D eigenvalue weighted by Crippen LogP contribution is 2.30. The van der Waals surface area contributed by atoms with E-state index in [9.17, 15) is 4.79 Å². The topological polar surface area (TPSA) is 126 Å². The first-order valence-electron chi connectivity index (χ1n) is 13.3. The lowest BCUT2D eigenvalue weighted by atomic mass is 10.0. The van der Waals surface area contributed by atoms with Crippen LogP contribution in [0.2, 0.25) is 0 Å². The van der Waals surface area contributed by atoms with Gasteiger partial charge in [0.2, 0.25) is 0 Å². The number of fused-ring (bicyclic) bond motifs is 1. The van der Waals surface area contributed by atoms with Gasteiger partial charge in [-0.3, -0.25) is 14.3 Å². The van der Waals surface area contributed by atoms with E-state index in [1.807, 2.05) is 28.8 Å². The molecule has 1 fully saturated rings. The van der Waals surface area contributed by atoms with Crippen molar-refractivity contribution in [2.45, 2.75) is 25.4 Å². The van der Waals surface area contributed by atoms with Crippen molar-refractivity contribution < 1.29 is 4.79 Å². The number of benzene rings is 2. The van der Waals surface area contributed by atoms with Gasteiger partial charge in [0.15, 0.2) is 11.5 Å². The molecule has 40 heavy (non-hydrogen) atoms. The van der Waals surface area contributed by atoms with Gasteiger partial charge in [-0.15, -0.1) is 0 Å². The summed E-state index contributed by atoms with van der Waals surface area (Å²) in [6, 6.07) is 25.1. The highest BCUT2D eigenvalue weighted by atomic mass is 16.1. The fourth-order valence-corrected chi connectivity index (χ4v) is 5.19. The first kappa shape index (κ1) is 25.2. The van der Waals surface area contributed by atoms with Crippen molar-refractivity contribution in [2.24, 2.45) is 0 Å². The summed E-state index contributed by atoms with van der Waals surface area (Å²) in [6.45, 7) is 2.62. The summed E-state index contributed by atoms with van der Waals surface area (Å²) in [7, 11) is 0. The number of nitrogens with two attached hydrogens (primary N) is 1. The van der Waals surface area contributed by atoms with Crippen molar-refractivity contribution >= 4 is 22.9 Å². The van der Waals surface area contributed by atoms with Crippen molar-refractivity contribution in [1.29, 1.82) is 5.26 Å². The van der Waals surface area contributed by atoms with E-state index >= 15 is 0 Å². The number of carbonyl (C=O) groups excluding carboxylic acids is 1. The first-order valence-corrected chi connectivity index (χ1v) is 13.3. The molecule has 1 aliphatic rings. The molecule has 3 aromatic heterocycles. The number of pyridine rings is 2. The third kappa shape index (κ3) is 5.13. The number of hydrogen-bond acceptors (Lipinski definition) is 7. The molecule has 3 N–H and O–H groups in total. The number of hydrogen-bond donors (Lipinski definition) is 2. The molecule has 0 saturated carbocycles. The Kier molecular flexibility index (Phi) is 6.91. The van der Waals surface area contributed by atoms with Crippen LogP contribution >= 0.6 is 0 Å². The number of amides is 1. The van der Waals surface area contributed by atoms with E-state index in [1.165, 1.54) is 5.56 Å². The van der Waals surface area contributed by atoms with E-state index in [0.717, 1.165) is 54.9 Å². The number of nitrogens with one attached hydrogen (secondary N) is 1. The molecule has 6 rings (SSSR count). The van der Waals surface area contributed by atoms with E-state index < -0.39 is 0 Å². The molecule has 0 bridgehead atoms. The van der Waals surface area contributed by atoms with Crippen LogP contribution in [0, 0.1) is 11.3 Å². The smallest absolute Gasteiger partial charge is 0.251 e. The standard InChI is InChI=1S/C31H28N8O/c32-19-22-4-1-5-23(18-22)31(40)36-24-12-16-38(17-13-24)20-21-8-10-25(11-9-21)39-29(26-6-2-14-34-28(26)33)37-27-7-3-15-35-30(27)39/h1-11,14-15,18,24H,12-13,16-17,20H2,(H2,33,34)(H,36,40). The Morgan fingerprint density at radius 2 is 1.77 bits per heavy atom. The van der Waals surface area contributed by atoms with Crippen molar-refractivity contribution in [3.8, 4) is 23.1 Å². The van der Waals surface area contributed by atoms with Gasteiger partial charge in [-0.25, -0.2) is 15.0 Å². The van der Waals surface area contributed by atoms with Crippen molar-refractivity contribution in [3.05, 3.63) is 102 Å². The molecule has 0 radical (unpaired) electrons. The molecule has 9 nitrogen and oxygen atoms in total. The Hall–Kier alpha value is -5.07. The van der Waals surface area contributed by atoms with Crippen molar-refractivity contribution in [3.63, 3.8) is 0 Å². The minimum atomic E-state index is -0.125. The summed E-state index contributed by atoms with van der Waals surface area (Å²) >= 11 is 0. The monoisotopic (exact) mass is 528 g/mol. The SMILES string of the molecule is N#Cc1cccc(C(=O)NC2CCN(Cc3ccc(-n4c(-c5cccnc5N)nc5cccnc54)cc3)CC2)c1. The second kappa shape index (κ2) is 11.0. The minimum absolute atomic E-state index is 0.122. The Morgan fingerprint density at radius 1 is 1.00 bits per heavy atom. The zero-order valence-corrected chi connectivity index (χ0v) is 21.9. The average molecular weight is 529 g/mol. The van der Waals surface area contributed by atoms with E-state index in [-0.39, 0.29) is 11.9 Å². The summed E-state index contributed by atoms with van der Waals surface area (Å²) in [5.74, 6) is 1.00. The lowest BCUT2D eigenvalue weighted by molar-refractivity contribution is 0.0909. The van der Waals surface area contributed by atoms with Gasteiger partial charge in [0.25, 0.3) is 5.91 Å². The zero-order chi connectivity index (χ0) is 27.5. The van der Waals surface area contributed by atoms with Gasteiger partial charge in [-0.1, -0.05) is 18.2 Å². The number of nitrogens with zero attached hydrogens (tertiary/aromatic N) is 6. The number of nitriles is 1. The van der Waals surface area contributed by atoms with Gasteiger partial charge in [0.05, 0.1) is 17.2 Å². The molecular weight excluding hydrogens is 500 g/mol. The fraction of sp³-hybridized carbons (Fsp3) is 0.194. The van der Waals surface area contributed by atoms with E-state index in [1.54, 1.807) is 36.7 Å². The van der Waals surface area contributed by atoms with E-state index in [4.69, 9.17) is 16.0 Å². The highest BCUT2D eigenvalue weighted by molar-refractivity contribution is 5.94. The summed E-state index contributed by atoms with van der Waals surface area (Å²) < 4.78 is 2.02. The number of carbonyl (C=O) groups is 1. The fourth-order valence-electron chi connectivity index (χ4n) is 5.19. The number of nitrogen functional groups attached to an aromatic ring is 1. The van der Waals surface area contributed by atoms with Crippen LogP contribution in [0.1, 0.15) is 34.3 Å². The summed E-state index contributed by atoms with van der Waals surface area (Å²) in [4.78, 5) is 28.7. The summed E-state index contributed by atoms with van der Waals surface area (Å²) in [5, 5.41) is 12.2. The van der Waals surface area contributed by atoms with Crippen molar-refractivity contribution in [1.82, 2.24) is 29.7 Å². The number of anilines is 1. The minimum Gasteiger partial charge on any atom is -0.383 e. The first-order chi connectivity index (χ1) is 19.6. The van der Waals surface area contributed by atoms with Gasteiger partial charge in [0.1, 0.15) is 11.3 Å². The third-order valence-electron chi connectivity index (χ3n) is 7.27. The molecule has 2 aromatic carbocycles. The van der Waals surface area contributed by atoms with Gasteiger partial charge < -0.3 is 11.1 Å². The van der Waals surface area contributed by atoms with Gasteiger partial charge in [0, 0.05) is 49.3 Å². The van der Waals surface area contributed by atoms with Gasteiger partial charge >= 0.3 is 0 Å². The number of piperidine rings is 1. The third-order valence-corrected chi connectivity index (χ3v) is 7.27. The maximum absolute atomic E-state index is 12.6. The molecule has 5 aromatic rings. The van der Waals surface area contributed by atoms with Crippen LogP contribution in [0.4, 0.5) is 5.82 Å². The summed E-state index contributed by atoms with van der Waals surface area (Å²) in [6.07, 6.45) is 5.19. The molecule has 4 heterocycles. The van der Waals surface area contributed by atoms with Crippen LogP contribution < -0.4 is 11.1 Å². The van der Waals surface area contributed by atoms with E-state index in [0.29, 0.717) is 22.8 Å². The van der Waals surface area contributed by atoms with Crippen LogP contribution in [0.5, 0.6) is 0 Å². The molecule has 1 amide bonds. The number of imidazole rings is 1. The molecule has 1 aliphatic heterocycles. The quantitative estimate of drug-likeness (QED) is 0.336. The maximum Gasteiger partial charge on any atom is 0.251 e. The molecule has 0 unspecified atom stereocenters. The molecule has 0 aliphatic carbocycles. The normalized spacial score (nSPS) is 14.2. The molecular formula is C31H28N8O.